The summed E-state index contributed by atoms with van der Waals surface area (Å²) < 4.78 is 6.53. The molecule has 8 nitrogen and oxygen atoms in total. The highest BCUT2D eigenvalue weighted by atomic mass is 16.6. The van der Waals surface area contributed by atoms with Crippen LogP contribution in [0, 0.1) is 10.1 Å². The maximum atomic E-state index is 12.7. The highest BCUT2D eigenvalue weighted by molar-refractivity contribution is 5.94. The minimum Gasteiger partial charge on any atom is -0.407 e. The number of aromatic nitrogens is 1. The van der Waals surface area contributed by atoms with E-state index in [4.69, 9.17) is 4.42 Å². The first-order valence-corrected chi connectivity index (χ1v) is 9.20. The third-order valence-corrected chi connectivity index (χ3v) is 5.05. The van der Waals surface area contributed by atoms with Crippen molar-refractivity contribution in [3.63, 3.8) is 0 Å². The van der Waals surface area contributed by atoms with Gasteiger partial charge in [-0.2, -0.15) is 0 Å². The van der Waals surface area contributed by atoms with Gasteiger partial charge < -0.3 is 9.32 Å². The summed E-state index contributed by atoms with van der Waals surface area (Å²) in [6.07, 6.45) is 2.69. The molecule has 28 heavy (non-hydrogen) atoms. The Morgan fingerprint density at radius 1 is 1.21 bits per heavy atom. The number of nitrogens with zero attached hydrogens (tertiary/aromatic N) is 3. The van der Waals surface area contributed by atoms with Crippen LogP contribution in [-0.2, 0) is 17.8 Å². The number of amides is 1. The number of anilines is 1. The van der Waals surface area contributed by atoms with Gasteiger partial charge in [0.05, 0.1) is 16.5 Å². The first kappa shape index (κ1) is 18.0. The number of oxazole rings is 1. The molecule has 2 aromatic carbocycles. The molecule has 4 rings (SSSR count). The topological polar surface area (TPSA) is 98.6 Å². The normalized spacial score (nSPS) is 13.5. The van der Waals surface area contributed by atoms with Crippen LogP contribution in [0.1, 0.15) is 24.8 Å². The summed E-state index contributed by atoms with van der Waals surface area (Å²) in [6, 6.07) is 12.0. The number of carbonyl (C=O) groups excluding carboxylic acids is 1. The summed E-state index contributed by atoms with van der Waals surface area (Å²) in [6.45, 7) is 1.01. The fraction of sp³-hybridized carbons (Fsp3) is 0.300. The van der Waals surface area contributed by atoms with Crippen molar-refractivity contribution in [1.29, 1.82) is 0 Å². The van der Waals surface area contributed by atoms with E-state index in [0.29, 0.717) is 31.4 Å². The number of benzene rings is 2. The van der Waals surface area contributed by atoms with Crippen molar-refractivity contribution >= 4 is 28.4 Å². The van der Waals surface area contributed by atoms with Gasteiger partial charge >= 0.3 is 5.76 Å². The molecule has 144 valence electrons. The van der Waals surface area contributed by atoms with Gasteiger partial charge in [0, 0.05) is 31.3 Å². The van der Waals surface area contributed by atoms with Crippen LogP contribution >= 0.6 is 0 Å². The van der Waals surface area contributed by atoms with E-state index in [-0.39, 0.29) is 17.2 Å². The molecule has 0 saturated carbocycles. The Morgan fingerprint density at radius 2 is 2.04 bits per heavy atom. The molecule has 3 aromatic rings. The van der Waals surface area contributed by atoms with E-state index >= 15 is 0 Å². The molecule has 1 aliphatic rings. The number of hydrogen-bond acceptors (Lipinski definition) is 5. The average molecular weight is 381 g/mol. The molecule has 0 N–H and O–H groups in total. The molecule has 8 heteroatoms. The van der Waals surface area contributed by atoms with E-state index in [2.05, 4.69) is 0 Å². The molecular weight excluding hydrogens is 362 g/mol. The van der Waals surface area contributed by atoms with E-state index in [9.17, 15) is 19.7 Å². The summed E-state index contributed by atoms with van der Waals surface area (Å²) in [7, 11) is 0. The molecule has 1 aliphatic heterocycles. The fourth-order valence-corrected chi connectivity index (χ4v) is 3.70. The minimum absolute atomic E-state index is 0.0311. The van der Waals surface area contributed by atoms with Crippen LogP contribution in [0.4, 0.5) is 11.4 Å². The predicted octanol–water partition coefficient (Wildman–Crippen LogP) is 3.26. The van der Waals surface area contributed by atoms with Crippen molar-refractivity contribution in [3.05, 3.63) is 68.7 Å². The Balaban J connectivity index is 1.46. The molecule has 0 radical (unpaired) electrons. The van der Waals surface area contributed by atoms with Crippen LogP contribution in [-0.4, -0.2) is 21.9 Å². The highest BCUT2D eigenvalue weighted by Crippen LogP contribution is 2.27. The molecule has 0 atom stereocenters. The number of nitro benzene ring substituents is 1. The summed E-state index contributed by atoms with van der Waals surface area (Å²) in [4.78, 5) is 36.9. The Bertz CT molecular complexity index is 1110. The SMILES string of the molecule is O=C(CCCn1c(=O)oc2cc([N+](=O)[O-])ccc21)N1CCCc2ccccc21. The number of rotatable bonds is 5. The number of hydrogen-bond donors (Lipinski definition) is 0. The van der Waals surface area contributed by atoms with Gasteiger partial charge in [-0.15, -0.1) is 0 Å². The van der Waals surface area contributed by atoms with Gasteiger partial charge in [0.25, 0.3) is 5.69 Å². The first-order valence-electron chi connectivity index (χ1n) is 9.20. The standard InChI is InChI=1S/C20H19N3O5/c24-19(21-11-3-6-14-5-1-2-7-16(14)21)8-4-12-22-17-10-9-15(23(26)27)13-18(17)28-20(22)25/h1-2,5,7,9-10,13H,3-4,6,8,11-12H2. The molecule has 0 spiro atoms. The van der Waals surface area contributed by atoms with Crippen LogP contribution in [0.5, 0.6) is 0 Å². The zero-order chi connectivity index (χ0) is 19.7. The second-order valence-corrected chi connectivity index (χ2v) is 6.81. The van der Waals surface area contributed by atoms with Gasteiger partial charge in [0.2, 0.25) is 5.91 Å². The van der Waals surface area contributed by atoms with Crippen LogP contribution in [0.25, 0.3) is 11.1 Å². The lowest BCUT2D eigenvalue weighted by molar-refractivity contribution is -0.384. The second-order valence-electron chi connectivity index (χ2n) is 6.81. The van der Waals surface area contributed by atoms with Crippen molar-refractivity contribution < 1.29 is 14.1 Å². The Morgan fingerprint density at radius 3 is 2.86 bits per heavy atom. The zero-order valence-electron chi connectivity index (χ0n) is 15.2. The lowest BCUT2D eigenvalue weighted by atomic mass is 10.0. The summed E-state index contributed by atoms with van der Waals surface area (Å²) in [5, 5.41) is 10.9. The Kier molecular flexibility index (Phi) is 4.68. The van der Waals surface area contributed by atoms with E-state index in [0.717, 1.165) is 18.5 Å². The van der Waals surface area contributed by atoms with Gasteiger partial charge in [-0.1, -0.05) is 18.2 Å². The summed E-state index contributed by atoms with van der Waals surface area (Å²) in [5.41, 5.74) is 2.69. The maximum absolute atomic E-state index is 12.7. The molecule has 0 fully saturated rings. The fourth-order valence-electron chi connectivity index (χ4n) is 3.70. The molecule has 1 aromatic heterocycles. The number of aryl methyl sites for hydroxylation is 2. The van der Waals surface area contributed by atoms with Gasteiger partial charge in [0.1, 0.15) is 0 Å². The third kappa shape index (κ3) is 3.28. The maximum Gasteiger partial charge on any atom is 0.419 e. The van der Waals surface area contributed by atoms with Gasteiger partial charge in [-0.25, -0.2) is 4.79 Å². The largest absolute Gasteiger partial charge is 0.419 e. The molecule has 2 heterocycles. The van der Waals surface area contributed by atoms with E-state index in [1.165, 1.54) is 28.3 Å². The first-order chi connectivity index (χ1) is 13.5. The lowest BCUT2D eigenvalue weighted by Crippen LogP contribution is -2.35. The predicted molar refractivity (Wildman–Crippen MR) is 103 cm³/mol. The van der Waals surface area contributed by atoms with Crippen LogP contribution in [0.15, 0.2) is 51.7 Å². The summed E-state index contributed by atoms with van der Waals surface area (Å²) in [5.74, 6) is -0.546. The second kappa shape index (κ2) is 7.30. The number of carbonyl (C=O) groups is 1. The van der Waals surface area contributed by atoms with Crippen molar-refractivity contribution in [2.45, 2.75) is 32.2 Å². The van der Waals surface area contributed by atoms with Gasteiger partial charge in [-0.3, -0.25) is 19.5 Å². The highest BCUT2D eigenvalue weighted by Gasteiger charge is 2.22. The monoisotopic (exact) mass is 381 g/mol. The van der Waals surface area contributed by atoms with Crippen LogP contribution < -0.4 is 10.7 Å². The lowest BCUT2D eigenvalue weighted by Gasteiger charge is -2.29. The Labute approximate surface area is 160 Å². The smallest absolute Gasteiger partial charge is 0.407 e. The van der Waals surface area contributed by atoms with Crippen molar-refractivity contribution in [2.24, 2.45) is 0 Å². The molecule has 0 unspecified atom stereocenters. The number of nitro groups is 1. The van der Waals surface area contributed by atoms with Gasteiger partial charge in [-0.05, 0) is 37.0 Å². The van der Waals surface area contributed by atoms with E-state index < -0.39 is 10.7 Å². The quantitative estimate of drug-likeness (QED) is 0.499. The molecule has 1 amide bonds. The Hall–Kier alpha value is -3.42. The van der Waals surface area contributed by atoms with Gasteiger partial charge in [0.15, 0.2) is 5.58 Å². The van der Waals surface area contributed by atoms with Crippen molar-refractivity contribution in [2.75, 3.05) is 11.4 Å². The molecular formula is C20H19N3O5. The van der Waals surface area contributed by atoms with Crippen molar-refractivity contribution in [1.82, 2.24) is 4.57 Å². The molecule has 0 saturated heterocycles. The summed E-state index contributed by atoms with van der Waals surface area (Å²) >= 11 is 0. The van der Waals surface area contributed by atoms with E-state index in [1.54, 1.807) is 0 Å². The van der Waals surface area contributed by atoms with E-state index in [1.807, 2.05) is 29.2 Å². The number of fused-ring (bicyclic) bond motifs is 2. The van der Waals surface area contributed by atoms with Crippen LogP contribution in [0.2, 0.25) is 0 Å². The number of non-ortho nitro benzene ring substituents is 1. The van der Waals surface area contributed by atoms with Crippen LogP contribution in [0.3, 0.4) is 0 Å². The van der Waals surface area contributed by atoms with Crippen molar-refractivity contribution in [3.8, 4) is 0 Å². The number of para-hydroxylation sites is 1. The minimum atomic E-state index is -0.578. The average Bonchev–Trinajstić information content (AvgIpc) is 3.02. The third-order valence-electron chi connectivity index (χ3n) is 5.05. The zero-order valence-corrected chi connectivity index (χ0v) is 15.2. The molecule has 0 aliphatic carbocycles. The molecule has 0 bridgehead atoms.